The van der Waals surface area contributed by atoms with Crippen molar-refractivity contribution >= 4 is 17.3 Å². The maximum Gasteiger partial charge on any atom is 0.257 e. The summed E-state index contributed by atoms with van der Waals surface area (Å²) in [7, 11) is 3.03. The normalized spacial score (nSPS) is 10.0. The zero-order chi connectivity index (χ0) is 15.4. The number of carbonyl (C=O) groups is 1. The summed E-state index contributed by atoms with van der Waals surface area (Å²) >= 11 is 0. The van der Waals surface area contributed by atoms with Crippen molar-refractivity contribution in [1.29, 1.82) is 0 Å². The Kier molecular flexibility index (Phi) is 4.18. The Morgan fingerprint density at radius 1 is 1.14 bits per heavy atom. The summed E-state index contributed by atoms with van der Waals surface area (Å²) in [5.74, 6) is 0.583. The summed E-state index contributed by atoms with van der Waals surface area (Å²) in [6.45, 7) is 0. The van der Waals surface area contributed by atoms with Gasteiger partial charge in [0.15, 0.2) is 0 Å². The van der Waals surface area contributed by atoms with Crippen molar-refractivity contribution in [2.75, 3.05) is 25.3 Å². The minimum atomic E-state index is -0.449. The zero-order valence-electron chi connectivity index (χ0n) is 11.7. The molecule has 0 aliphatic carbocycles. The molecule has 110 valence electrons. The molecule has 0 unspecified atom stereocenters. The van der Waals surface area contributed by atoms with Gasteiger partial charge < -0.3 is 25.6 Å². The number of methoxy groups -OCH3 is 2. The van der Waals surface area contributed by atoms with E-state index in [1.165, 1.54) is 32.4 Å². The predicted molar refractivity (Wildman–Crippen MR) is 80.0 cm³/mol. The number of hydrogen-bond acceptors (Lipinski definition) is 5. The van der Waals surface area contributed by atoms with Crippen molar-refractivity contribution in [3.8, 4) is 17.2 Å². The summed E-state index contributed by atoms with van der Waals surface area (Å²) in [4.78, 5) is 12.3. The fourth-order valence-electron chi connectivity index (χ4n) is 1.84. The average Bonchev–Trinajstić information content (AvgIpc) is 2.49. The number of amides is 1. The molecule has 0 atom stereocenters. The first-order valence-corrected chi connectivity index (χ1v) is 6.17. The third kappa shape index (κ3) is 3.17. The van der Waals surface area contributed by atoms with Gasteiger partial charge in [-0.3, -0.25) is 4.79 Å². The maximum atomic E-state index is 12.3. The van der Waals surface area contributed by atoms with E-state index >= 15 is 0 Å². The number of ether oxygens (including phenoxy) is 2. The molecule has 1 amide bonds. The summed E-state index contributed by atoms with van der Waals surface area (Å²) in [6, 6.07) is 9.22. The van der Waals surface area contributed by atoms with Gasteiger partial charge in [0.05, 0.1) is 25.5 Å². The van der Waals surface area contributed by atoms with Gasteiger partial charge in [-0.05, 0) is 30.3 Å². The van der Waals surface area contributed by atoms with E-state index in [9.17, 15) is 9.90 Å². The molecule has 0 saturated heterocycles. The molecule has 0 aliphatic heterocycles. The highest BCUT2D eigenvalue weighted by atomic mass is 16.5. The molecule has 4 N–H and O–H groups in total. The van der Waals surface area contributed by atoms with E-state index in [1.807, 2.05) is 0 Å². The summed E-state index contributed by atoms with van der Waals surface area (Å²) in [6.07, 6.45) is 0. The number of nitrogens with two attached hydrogens (primary N) is 1. The van der Waals surface area contributed by atoms with E-state index in [1.54, 1.807) is 18.2 Å². The van der Waals surface area contributed by atoms with Crippen LogP contribution in [0.25, 0.3) is 0 Å². The van der Waals surface area contributed by atoms with Gasteiger partial charge in [-0.2, -0.15) is 0 Å². The zero-order valence-corrected chi connectivity index (χ0v) is 11.7. The van der Waals surface area contributed by atoms with Gasteiger partial charge in [-0.1, -0.05) is 0 Å². The van der Waals surface area contributed by atoms with Crippen molar-refractivity contribution < 1.29 is 19.4 Å². The standard InChI is InChI=1S/C15H16N2O4/c1-20-10-4-6-14(21-2)13(8-10)17-15(19)11-7-9(18)3-5-12(11)16/h3-8,18H,16H2,1-2H3,(H,17,19). The first-order chi connectivity index (χ1) is 10.0. The Morgan fingerprint density at radius 3 is 2.57 bits per heavy atom. The Hall–Kier alpha value is -2.89. The van der Waals surface area contributed by atoms with Crippen LogP contribution in [-0.4, -0.2) is 25.2 Å². The van der Waals surface area contributed by atoms with Crippen LogP contribution < -0.4 is 20.5 Å². The minimum absolute atomic E-state index is 0.0352. The topological polar surface area (TPSA) is 93.8 Å². The number of benzene rings is 2. The van der Waals surface area contributed by atoms with E-state index in [0.29, 0.717) is 17.2 Å². The second-order valence-corrected chi connectivity index (χ2v) is 4.29. The lowest BCUT2D eigenvalue weighted by Crippen LogP contribution is -2.14. The van der Waals surface area contributed by atoms with Crippen molar-refractivity contribution in [3.63, 3.8) is 0 Å². The number of aromatic hydroxyl groups is 1. The lowest BCUT2D eigenvalue weighted by atomic mass is 10.1. The molecule has 6 heteroatoms. The number of nitrogen functional groups attached to an aromatic ring is 1. The van der Waals surface area contributed by atoms with E-state index in [2.05, 4.69) is 5.32 Å². The Balaban J connectivity index is 2.32. The van der Waals surface area contributed by atoms with E-state index in [-0.39, 0.29) is 17.0 Å². The molecule has 0 fully saturated rings. The average molecular weight is 288 g/mol. The number of rotatable bonds is 4. The van der Waals surface area contributed by atoms with E-state index in [4.69, 9.17) is 15.2 Å². The van der Waals surface area contributed by atoms with Gasteiger partial charge >= 0.3 is 0 Å². The molecule has 0 radical (unpaired) electrons. The summed E-state index contributed by atoms with van der Waals surface area (Å²) < 4.78 is 10.3. The Labute approximate surface area is 122 Å². The second kappa shape index (κ2) is 6.04. The quantitative estimate of drug-likeness (QED) is 0.592. The molecule has 2 aromatic carbocycles. The molecular formula is C15H16N2O4. The molecule has 21 heavy (non-hydrogen) atoms. The molecular weight excluding hydrogens is 272 g/mol. The fraction of sp³-hybridized carbons (Fsp3) is 0.133. The molecule has 0 bridgehead atoms. The predicted octanol–water partition coefficient (Wildman–Crippen LogP) is 2.24. The van der Waals surface area contributed by atoms with Crippen molar-refractivity contribution in [3.05, 3.63) is 42.0 Å². The molecule has 2 aromatic rings. The van der Waals surface area contributed by atoms with Gasteiger partial charge in [0.1, 0.15) is 17.2 Å². The lowest BCUT2D eigenvalue weighted by Gasteiger charge is -2.12. The van der Waals surface area contributed by atoms with Crippen molar-refractivity contribution in [1.82, 2.24) is 0 Å². The van der Waals surface area contributed by atoms with Crippen molar-refractivity contribution in [2.45, 2.75) is 0 Å². The van der Waals surface area contributed by atoms with Crippen LogP contribution in [0.15, 0.2) is 36.4 Å². The second-order valence-electron chi connectivity index (χ2n) is 4.29. The van der Waals surface area contributed by atoms with E-state index in [0.717, 1.165) is 0 Å². The van der Waals surface area contributed by atoms with Gasteiger partial charge in [0.2, 0.25) is 0 Å². The van der Waals surface area contributed by atoms with E-state index < -0.39 is 5.91 Å². The molecule has 0 aliphatic rings. The third-order valence-electron chi connectivity index (χ3n) is 2.94. The van der Waals surface area contributed by atoms with Crippen LogP contribution in [0, 0.1) is 0 Å². The van der Waals surface area contributed by atoms with Gasteiger partial charge in [-0.25, -0.2) is 0 Å². The highest BCUT2D eigenvalue weighted by molar-refractivity contribution is 6.08. The van der Waals surface area contributed by atoms with Crippen LogP contribution in [0.4, 0.5) is 11.4 Å². The maximum absolute atomic E-state index is 12.3. The Bertz CT molecular complexity index is 671. The molecule has 2 rings (SSSR count). The van der Waals surface area contributed by atoms with Crippen LogP contribution in [0.2, 0.25) is 0 Å². The van der Waals surface area contributed by atoms with Crippen molar-refractivity contribution in [2.24, 2.45) is 0 Å². The minimum Gasteiger partial charge on any atom is -0.508 e. The number of hydrogen-bond donors (Lipinski definition) is 3. The third-order valence-corrected chi connectivity index (χ3v) is 2.94. The highest BCUT2D eigenvalue weighted by Gasteiger charge is 2.14. The number of anilines is 2. The molecule has 0 aromatic heterocycles. The van der Waals surface area contributed by atoms with Gasteiger partial charge in [-0.15, -0.1) is 0 Å². The lowest BCUT2D eigenvalue weighted by molar-refractivity contribution is 0.102. The first-order valence-electron chi connectivity index (χ1n) is 6.17. The largest absolute Gasteiger partial charge is 0.508 e. The molecule has 0 saturated carbocycles. The summed E-state index contributed by atoms with van der Waals surface area (Å²) in [5.41, 5.74) is 6.64. The van der Waals surface area contributed by atoms with Crippen LogP contribution in [-0.2, 0) is 0 Å². The van der Waals surface area contributed by atoms with Crippen LogP contribution in [0.5, 0.6) is 17.2 Å². The van der Waals surface area contributed by atoms with Crippen LogP contribution in [0.1, 0.15) is 10.4 Å². The molecule has 0 heterocycles. The fourth-order valence-corrected chi connectivity index (χ4v) is 1.84. The number of nitrogens with one attached hydrogen (secondary N) is 1. The summed E-state index contributed by atoms with van der Waals surface area (Å²) in [5, 5.41) is 12.1. The first kappa shape index (κ1) is 14.5. The smallest absolute Gasteiger partial charge is 0.257 e. The number of phenolic OH excluding ortho intramolecular Hbond substituents is 1. The molecule has 0 spiro atoms. The van der Waals surface area contributed by atoms with Gasteiger partial charge in [0, 0.05) is 11.8 Å². The highest BCUT2D eigenvalue weighted by Crippen LogP contribution is 2.30. The Morgan fingerprint density at radius 2 is 1.90 bits per heavy atom. The SMILES string of the molecule is COc1ccc(OC)c(NC(=O)c2cc(O)ccc2N)c1. The van der Waals surface area contributed by atoms with Crippen LogP contribution >= 0.6 is 0 Å². The van der Waals surface area contributed by atoms with Gasteiger partial charge in [0.25, 0.3) is 5.91 Å². The monoisotopic (exact) mass is 288 g/mol. The number of carbonyl (C=O) groups excluding carboxylic acids is 1. The molecule has 6 nitrogen and oxygen atoms in total. The number of phenols is 1. The van der Waals surface area contributed by atoms with Crippen LogP contribution in [0.3, 0.4) is 0 Å².